The molecule has 1 heterocycles. The summed E-state index contributed by atoms with van der Waals surface area (Å²) in [6.07, 6.45) is 1.45. The number of anilines is 1. The van der Waals surface area contributed by atoms with Gasteiger partial charge in [-0.2, -0.15) is 0 Å². The van der Waals surface area contributed by atoms with Crippen LogP contribution >= 0.6 is 23.2 Å². The number of benzene rings is 1. The first-order valence-corrected chi connectivity index (χ1v) is 5.77. The summed E-state index contributed by atoms with van der Waals surface area (Å²) >= 11 is 11.7. The lowest BCUT2D eigenvalue weighted by Crippen LogP contribution is -2.22. The number of amides is 1. The molecular weight excluding hydrogens is 275 g/mol. The molecule has 0 aliphatic heterocycles. The van der Waals surface area contributed by atoms with Crippen LogP contribution < -0.4 is 10.9 Å². The number of pyridine rings is 1. The van der Waals surface area contributed by atoms with E-state index in [0.717, 1.165) is 0 Å². The average Bonchev–Trinajstić information content (AvgIpc) is 2.34. The van der Waals surface area contributed by atoms with E-state index in [0.29, 0.717) is 15.7 Å². The smallest absolute Gasteiger partial charge is 0.261 e. The SMILES string of the molecule is O=C(Nc1cc(Cl)ccc1Cl)c1ccc[nH]c1=O. The van der Waals surface area contributed by atoms with Crippen molar-refractivity contribution in [2.75, 3.05) is 5.32 Å². The van der Waals surface area contributed by atoms with Crippen LogP contribution in [0, 0.1) is 0 Å². The van der Waals surface area contributed by atoms with Gasteiger partial charge in [0.2, 0.25) is 0 Å². The molecule has 0 saturated heterocycles. The zero-order valence-corrected chi connectivity index (χ0v) is 10.5. The van der Waals surface area contributed by atoms with Crippen molar-refractivity contribution in [1.29, 1.82) is 0 Å². The van der Waals surface area contributed by atoms with Gasteiger partial charge in [0.15, 0.2) is 0 Å². The first-order chi connectivity index (χ1) is 8.58. The van der Waals surface area contributed by atoms with Gasteiger partial charge in [0.25, 0.3) is 11.5 Å². The summed E-state index contributed by atoms with van der Waals surface area (Å²) in [6.45, 7) is 0. The summed E-state index contributed by atoms with van der Waals surface area (Å²) in [7, 11) is 0. The fourth-order valence-electron chi connectivity index (χ4n) is 1.38. The fourth-order valence-corrected chi connectivity index (χ4v) is 1.72. The highest BCUT2D eigenvalue weighted by molar-refractivity contribution is 6.35. The molecule has 2 aromatic rings. The maximum atomic E-state index is 11.9. The van der Waals surface area contributed by atoms with Crippen LogP contribution in [0.5, 0.6) is 0 Å². The molecule has 4 nitrogen and oxygen atoms in total. The number of carbonyl (C=O) groups excluding carboxylic acids is 1. The molecule has 0 spiro atoms. The van der Waals surface area contributed by atoms with Gasteiger partial charge in [0.05, 0.1) is 10.7 Å². The van der Waals surface area contributed by atoms with Crippen LogP contribution in [0.1, 0.15) is 10.4 Å². The third-order valence-electron chi connectivity index (χ3n) is 2.24. The third-order valence-corrected chi connectivity index (χ3v) is 2.80. The van der Waals surface area contributed by atoms with Crippen molar-refractivity contribution in [1.82, 2.24) is 4.98 Å². The van der Waals surface area contributed by atoms with Gasteiger partial charge in [0.1, 0.15) is 5.56 Å². The molecule has 2 N–H and O–H groups in total. The van der Waals surface area contributed by atoms with Crippen molar-refractivity contribution in [2.45, 2.75) is 0 Å². The Bertz CT molecular complexity index is 653. The summed E-state index contributed by atoms with van der Waals surface area (Å²) in [5.41, 5.74) is -0.0980. The van der Waals surface area contributed by atoms with E-state index in [1.54, 1.807) is 18.2 Å². The van der Waals surface area contributed by atoms with Gasteiger partial charge in [-0.15, -0.1) is 0 Å². The van der Waals surface area contributed by atoms with E-state index in [1.807, 2.05) is 0 Å². The van der Waals surface area contributed by atoms with Gasteiger partial charge < -0.3 is 10.3 Å². The van der Waals surface area contributed by atoms with E-state index in [4.69, 9.17) is 23.2 Å². The summed E-state index contributed by atoms with van der Waals surface area (Å²) < 4.78 is 0. The Morgan fingerprint density at radius 3 is 2.72 bits per heavy atom. The van der Waals surface area contributed by atoms with E-state index in [9.17, 15) is 9.59 Å². The Hall–Kier alpha value is -1.78. The predicted molar refractivity (Wildman–Crippen MR) is 71.5 cm³/mol. The number of H-pyrrole nitrogens is 1. The van der Waals surface area contributed by atoms with Crippen molar-refractivity contribution in [3.05, 3.63) is 62.5 Å². The van der Waals surface area contributed by atoms with Crippen molar-refractivity contribution in [3.8, 4) is 0 Å². The molecule has 0 atom stereocenters. The molecule has 2 rings (SSSR count). The van der Waals surface area contributed by atoms with Crippen LogP contribution in [0.3, 0.4) is 0 Å². The number of aromatic nitrogens is 1. The molecule has 0 saturated carbocycles. The largest absolute Gasteiger partial charge is 0.328 e. The maximum Gasteiger partial charge on any atom is 0.261 e. The van der Waals surface area contributed by atoms with Crippen molar-refractivity contribution >= 4 is 34.8 Å². The lowest BCUT2D eigenvalue weighted by atomic mass is 10.2. The molecular formula is C12H8Cl2N2O2. The molecule has 92 valence electrons. The van der Waals surface area contributed by atoms with Crippen LogP contribution in [0.2, 0.25) is 10.0 Å². The summed E-state index contributed by atoms with van der Waals surface area (Å²) in [6, 6.07) is 7.67. The minimum Gasteiger partial charge on any atom is -0.328 e. The molecule has 0 radical (unpaired) electrons. The van der Waals surface area contributed by atoms with E-state index in [-0.39, 0.29) is 5.56 Å². The highest BCUT2D eigenvalue weighted by Crippen LogP contribution is 2.25. The Kier molecular flexibility index (Phi) is 3.69. The van der Waals surface area contributed by atoms with Crippen molar-refractivity contribution < 1.29 is 4.79 Å². The Labute approximate surface area is 113 Å². The first kappa shape index (κ1) is 12.7. The van der Waals surface area contributed by atoms with Gasteiger partial charge >= 0.3 is 0 Å². The topological polar surface area (TPSA) is 62.0 Å². The van der Waals surface area contributed by atoms with E-state index >= 15 is 0 Å². The number of hydrogen-bond acceptors (Lipinski definition) is 2. The Balaban J connectivity index is 2.30. The van der Waals surface area contributed by atoms with Gasteiger partial charge in [-0.05, 0) is 30.3 Å². The molecule has 1 aromatic carbocycles. The average molecular weight is 283 g/mol. The molecule has 0 unspecified atom stereocenters. The molecule has 0 fully saturated rings. The Morgan fingerprint density at radius 2 is 2.00 bits per heavy atom. The number of carbonyl (C=O) groups is 1. The minimum atomic E-state index is -0.541. The highest BCUT2D eigenvalue weighted by atomic mass is 35.5. The molecule has 0 aliphatic rings. The second kappa shape index (κ2) is 5.25. The van der Waals surface area contributed by atoms with Gasteiger partial charge in [-0.3, -0.25) is 9.59 Å². The molecule has 0 bridgehead atoms. The highest BCUT2D eigenvalue weighted by Gasteiger charge is 2.11. The molecule has 0 aliphatic carbocycles. The predicted octanol–water partition coefficient (Wildman–Crippen LogP) is 2.93. The number of rotatable bonds is 2. The number of halogens is 2. The summed E-state index contributed by atoms with van der Waals surface area (Å²) in [4.78, 5) is 25.7. The molecule has 1 amide bonds. The second-order valence-electron chi connectivity index (χ2n) is 3.49. The number of nitrogens with one attached hydrogen (secondary N) is 2. The van der Waals surface area contributed by atoms with Crippen molar-refractivity contribution in [2.24, 2.45) is 0 Å². The van der Waals surface area contributed by atoms with Crippen molar-refractivity contribution in [3.63, 3.8) is 0 Å². The minimum absolute atomic E-state index is 0.00791. The summed E-state index contributed by atoms with van der Waals surface area (Å²) in [5, 5.41) is 3.32. The third kappa shape index (κ3) is 2.72. The normalized spacial score (nSPS) is 10.1. The van der Waals surface area contributed by atoms with Crippen LogP contribution in [-0.4, -0.2) is 10.9 Å². The zero-order valence-electron chi connectivity index (χ0n) is 9.04. The standard InChI is InChI=1S/C12H8Cl2N2O2/c13-7-3-4-9(14)10(6-7)16-12(18)8-2-1-5-15-11(8)17/h1-6H,(H,15,17)(H,16,18). The summed E-state index contributed by atoms with van der Waals surface area (Å²) in [5.74, 6) is -0.541. The van der Waals surface area contributed by atoms with E-state index in [1.165, 1.54) is 18.3 Å². The van der Waals surface area contributed by atoms with Crippen LogP contribution in [0.15, 0.2) is 41.3 Å². The molecule has 6 heteroatoms. The monoisotopic (exact) mass is 282 g/mol. The second-order valence-corrected chi connectivity index (χ2v) is 4.33. The van der Waals surface area contributed by atoms with Crippen LogP contribution in [-0.2, 0) is 0 Å². The lowest BCUT2D eigenvalue weighted by molar-refractivity contribution is 0.102. The van der Waals surface area contributed by atoms with E-state index in [2.05, 4.69) is 10.3 Å². The zero-order chi connectivity index (χ0) is 13.1. The fraction of sp³-hybridized carbons (Fsp3) is 0. The Morgan fingerprint density at radius 1 is 1.22 bits per heavy atom. The van der Waals surface area contributed by atoms with E-state index < -0.39 is 11.5 Å². The number of hydrogen-bond donors (Lipinski definition) is 2. The lowest BCUT2D eigenvalue weighted by Gasteiger charge is -2.06. The molecule has 1 aromatic heterocycles. The van der Waals surface area contributed by atoms with Crippen LogP contribution in [0.4, 0.5) is 5.69 Å². The molecule has 18 heavy (non-hydrogen) atoms. The van der Waals surface area contributed by atoms with Crippen LogP contribution in [0.25, 0.3) is 0 Å². The maximum absolute atomic E-state index is 11.9. The van der Waals surface area contributed by atoms with Gasteiger partial charge in [-0.1, -0.05) is 23.2 Å². The first-order valence-electron chi connectivity index (χ1n) is 5.02. The van der Waals surface area contributed by atoms with Gasteiger partial charge in [-0.25, -0.2) is 0 Å². The number of aromatic amines is 1. The quantitative estimate of drug-likeness (QED) is 0.890. The van der Waals surface area contributed by atoms with Gasteiger partial charge in [0, 0.05) is 11.2 Å².